The number of nitrogens with zero attached hydrogens (tertiary/aromatic N) is 1. The van der Waals surface area contributed by atoms with Crippen LogP contribution >= 0.6 is 0 Å². The van der Waals surface area contributed by atoms with Gasteiger partial charge in [-0.05, 0) is 24.1 Å². The molecular weight excluding hydrogens is 226 g/mol. The van der Waals surface area contributed by atoms with E-state index in [1.165, 1.54) is 5.56 Å². The highest BCUT2D eigenvalue weighted by molar-refractivity contribution is 5.24. The molecule has 0 heterocycles. The van der Waals surface area contributed by atoms with Gasteiger partial charge in [-0.15, -0.1) is 0 Å². The zero-order chi connectivity index (χ0) is 13.4. The molecule has 102 valence electrons. The summed E-state index contributed by atoms with van der Waals surface area (Å²) in [6, 6.07) is 8.18. The first kappa shape index (κ1) is 15.2. The summed E-state index contributed by atoms with van der Waals surface area (Å²) >= 11 is 0. The second kappa shape index (κ2) is 8.25. The van der Waals surface area contributed by atoms with E-state index in [4.69, 9.17) is 5.11 Å². The molecular formula is C15H25NO2. The van der Waals surface area contributed by atoms with Gasteiger partial charge in [-0.1, -0.05) is 44.5 Å². The van der Waals surface area contributed by atoms with Gasteiger partial charge in [0.25, 0.3) is 0 Å². The van der Waals surface area contributed by atoms with E-state index >= 15 is 0 Å². The summed E-state index contributed by atoms with van der Waals surface area (Å²) in [5.74, 6) is 0. The summed E-state index contributed by atoms with van der Waals surface area (Å²) in [5, 5.41) is 19.1. The molecule has 0 saturated carbocycles. The molecule has 1 aromatic rings. The zero-order valence-corrected chi connectivity index (χ0v) is 11.5. The standard InChI is InChI=1S/C15H25NO2/c1-3-5-13-6-8-14(9-7-13)15(18)12-16(4-2)10-11-17/h6-9,15,17-18H,3-5,10-12H2,1-2H3. The number of rotatable bonds is 8. The van der Waals surface area contributed by atoms with Crippen molar-refractivity contribution >= 4 is 0 Å². The van der Waals surface area contributed by atoms with Gasteiger partial charge >= 0.3 is 0 Å². The molecule has 2 N–H and O–H groups in total. The van der Waals surface area contributed by atoms with E-state index in [9.17, 15) is 5.11 Å². The zero-order valence-electron chi connectivity index (χ0n) is 11.5. The smallest absolute Gasteiger partial charge is 0.0916 e. The number of hydrogen-bond donors (Lipinski definition) is 2. The fourth-order valence-corrected chi connectivity index (χ4v) is 2.07. The van der Waals surface area contributed by atoms with Crippen LogP contribution in [0.5, 0.6) is 0 Å². The Hall–Kier alpha value is -0.900. The van der Waals surface area contributed by atoms with Crippen molar-refractivity contribution in [2.45, 2.75) is 32.8 Å². The molecule has 18 heavy (non-hydrogen) atoms. The van der Waals surface area contributed by atoms with Crippen molar-refractivity contribution < 1.29 is 10.2 Å². The molecule has 0 radical (unpaired) electrons. The molecule has 0 aliphatic rings. The summed E-state index contributed by atoms with van der Waals surface area (Å²) in [6.07, 6.45) is 1.75. The van der Waals surface area contributed by atoms with E-state index in [-0.39, 0.29) is 6.61 Å². The number of aryl methyl sites for hydroxylation is 1. The SMILES string of the molecule is CCCc1ccc(C(O)CN(CC)CCO)cc1. The molecule has 0 amide bonds. The topological polar surface area (TPSA) is 43.7 Å². The van der Waals surface area contributed by atoms with Crippen LogP contribution in [0.2, 0.25) is 0 Å². The Morgan fingerprint density at radius 3 is 2.33 bits per heavy atom. The average Bonchev–Trinajstić information content (AvgIpc) is 2.39. The van der Waals surface area contributed by atoms with Crippen molar-refractivity contribution in [3.05, 3.63) is 35.4 Å². The number of likely N-dealkylation sites (N-methyl/N-ethyl adjacent to an activating group) is 1. The normalized spacial score (nSPS) is 12.9. The highest BCUT2D eigenvalue weighted by atomic mass is 16.3. The van der Waals surface area contributed by atoms with E-state index < -0.39 is 6.10 Å². The lowest BCUT2D eigenvalue weighted by atomic mass is 10.0. The van der Waals surface area contributed by atoms with Crippen molar-refractivity contribution in [3.63, 3.8) is 0 Å². The molecule has 3 nitrogen and oxygen atoms in total. The van der Waals surface area contributed by atoms with Gasteiger partial charge in [-0.25, -0.2) is 0 Å². The molecule has 0 saturated heterocycles. The van der Waals surface area contributed by atoms with Gasteiger partial charge in [0.1, 0.15) is 0 Å². The summed E-state index contributed by atoms with van der Waals surface area (Å²) in [7, 11) is 0. The average molecular weight is 251 g/mol. The molecule has 1 rings (SSSR count). The van der Waals surface area contributed by atoms with Crippen molar-refractivity contribution in [3.8, 4) is 0 Å². The van der Waals surface area contributed by atoms with Crippen molar-refractivity contribution in [1.82, 2.24) is 4.90 Å². The largest absolute Gasteiger partial charge is 0.395 e. The van der Waals surface area contributed by atoms with Crippen LogP contribution in [0.3, 0.4) is 0 Å². The van der Waals surface area contributed by atoms with Gasteiger partial charge in [0.05, 0.1) is 12.7 Å². The van der Waals surface area contributed by atoms with Gasteiger partial charge in [0.2, 0.25) is 0 Å². The van der Waals surface area contributed by atoms with E-state index in [0.717, 1.165) is 24.9 Å². The number of hydrogen-bond acceptors (Lipinski definition) is 3. The third-order valence-corrected chi connectivity index (χ3v) is 3.20. The Morgan fingerprint density at radius 2 is 1.83 bits per heavy atom. The highest BCUT2D eigenvalue weighted by Crippen LogP contribution is 2.16. The summed E-state index contributed by atoms with van der Waals surface area (Å²) < 4.78 is 0. The van der Waals surface area contributed by atoms with Crippen LogP contribution in [0.25, 0.3) is 0 Å². The van der Waals surface area contributed by atoms with Crippen molar-refractivity contribution in [2.75, 3.05) is 26.2 Å². The van der Waals surface area contributed by atoms with Crippen molar-refractivity contribution in [2.24, 2.45) is 0 Å². The van der Waals surface area contributed by atoms with Gasteiger partial charge in [0.15, 0.2) is 0 Å². The van der Waals surface area contributed by atoms with Crippen LogP contribution in [-0.4, -0.2) is 41.4 Å². The van der Waals surface area contributed by atoms with Gasteiger partial charge in [-0.2, -0.15) is 0 Å². The van der Waals surface area contributed by atoms with E-state index in [1.807, 2.05) is 24.0 Å². The Balaban J connectivity index is 2.57. The minimum absolute atomic E-state index is 0.135. The van der Waals surface area contributed by atoms with Crippen LogP contribution in [0, 0.1) is 0 Å². The molecule has 0 spiro atoms. The predicted molar refractivity (Wildman–Crippen MR) is 74.6 cm³/mol. The van der Waals surface area contributed by atoms with Gasteiger partial charge in [0, 0.05) is 13.1 Å². The van der Waals surface area contributed by atoms with E-state index in [0.29, 0.717) is 13.1 Å². The molecule has 3 heteroatoms. The Bertz CT molecular complexity index is 324. The predicted octanol–water partition coefficient (Wildman–Crippen LogP) is 1.99. The Kier molecular flexibility index (Phi) is 6.94. The molecule has 0 aliphatic heterocycles. The fraction of sp³-hybridized carbons (Fsp3) is 0.600. The quantitative estimate of drug-likeness (QED) is 0.742. The number of aliphatic hydroxyl groups excluding tert-OH is 2. The molecule has 1 aromatic carbocycles. The first-order valence-corrected chi connectivity index (χ1v) is 6.81. The van der Waals surface area contributed by atoms with E-state index in [2.05, 4.69) is 19.1 Å². The Labute approximate surface area is 110 Å². The lowest BCUT2D eigenvalue weighted by molar-refractivity contribution is 0.103. The number of aliphatic hydroxyl groups is 2. The van der Waals surface area contributed by atoms with Crippen LogP contribution in [0.4, 0.5) is 0 Å². The summed E-state index contributed by atoms with van der Waals surface area (Å²) in [4.78, 5) is 2.05. The Morgan fingerprint density at radius 1 is 1.17 bits per heavy atom. The fourth-order valence-electron chi connectivity index (χ4n) is 2.07. The lowest BCUT2D eigenvalue weighted by Crippen LogP contribution is -2.31. The maximum atomic E-state index is 10.1. The molecule has 1 unspecified atom stereocenters. The minimum Gasteiger partial charge on any atom is -0.395 e. The van der Waals surface area contributed by atoms with Crippen LogP contribution < -0.4 is 0 Å². The maximum absolute atomic E-state index is 10.1. The van der Waals surface area contributed by atoms with E-state index in [1.54, 1.807) is 0 Å². The van der Waals surface area contributed by atoms with Gasteiger partial charge in [-0.3, -0.25) is 4.90 Å². The molecule has 0 aliphatic carbocycles. The molecule has 0 fully saturated rings. The maximum Gasteiger partial charge on any atom is 0.0916 e. The first-order chi connectivity index (χ1) is 8.71. The monoisotopic (exact) mass is 251 g/mol. The van der Waals surface area contributed by atoms with Crippen LogP contribution in [0.15, 0.2) is 24.3 Å². The van der Waals surface area contributed by atoms with Crippen LogP contribution in [-0.2, 0) is 6.42 Å². The molecule has 1 atom stereocenters. The minimum atomic E-state index is -0.479. The summed E-state index contributed by atoms with van der Waals surface area (Å²) in [5.41, 5.74) is 2.27. The number of benzene rings is 1. The third-order valence-electron chi connectivity index (χ3n) is 3.20. The molecule has 0 aromatic heterocycles. The third kappa shape index (κ3) is 4.77. The second-order valence-electron chi connectivity index (χ2n) is 4.62. The van der Waals surface area contributed by atoms with Crippen molar-refractivity contribution in [1.29, 1.82) is 0 Å². The summed E-state index contributed by atoms with van der Waals surface area (Å²) in [6.45, 7) is 6.36. The highest BCUT2D eigenvalue weighted by Gasteiger charge is 2.11. The molecule has 0 bridgehead atoms. The van der Waals surface area contributed by atoms with Crippen LogP contribution in [0.1, 0.15) is 37.5 Å². The first-order valence-electron chi connectivity index (χ1n) is 6.81. The lowest BCUT2D eigenvalue weighted by Gasteiger charge is -2.22. The second-order valence-corrected chi connectivity index (χ2v) is 4.62. The van der Waals surface area contributed by atoms with Gasteiger partial charge < -0.3 is 10.2 Å².